The maximum atomic E-state index is 12.5. The fourth-order valence-electron chi connectivity index (χ4n) is 3.42. The van der Waals surface area contributed by atoms with Gasteiger partial charge in [-0.15, -0.1) is 0 Å². The van der Waals surface area contributed by atoms with Crippen molar-refractivity contribution in [2.45, 2.75) is 57.9 Å². The first-order valence-electron chi connectivity index (χ1n) is 7.62. The minimum absolute atomic E-state index is 0.130. The predicted octanol–water partition coefficient (Wildman–Crippen LogP) is 2.08. The van der Waals surface area contributed by atoms with E-state index in [-0.39, 0.29) is 17.6 Å². The average Bonchev–Trinajstić information content (AvgIpc) is 2.38. The number of aliphatic carboxylic acids is 1. The van der Waals surface area contributed by atoms with Gasteiger partial charge in [-0.3, -0.25) is 4.79 Å². The SMILES string of the molecule is CC1CCN(S(=O)(=O)CC2CCCCC2)C(C(=O)O)C1. The number of piperidine rings is 1. The Hall–Kier alpha value is -0.620. The monoisotopic (exact) mass is 303 g/mol. The van der Waals surface area contributed by atoms with Gasteiger partial charge in [0.15, 0.2) is 0 Å². The molecular weight excluding hydrogens is 278 g/mol. The number of rotatable bonds is 4. The van der Waals surface area contributed by atoms with Crippen LogP contribution >= 0.6 is 0 Å². The summed E-state index contributed by atoms with van der Waals surface area (Å²) in [6, 6.07) is -0.868. The standard InChI is InChI=1S/C14H25NO4S/c1-11-7-8-15(13(9-11)14(16)17)20(18,19)10-12-5-3-2-4-6-12/h11-13H,2-10H2,1H3,(H,16,17). The van der Waals surface area contributed by atoms with Crippen molar-refractivity contribution in [1.82, 2.24) is 4.31 Å². The van der Waals surface area contributed by atoms with Crippen LogP contribution in [0.25, 0.3) is 0 Å². The van der Waals surface area contributed by atoms with Gasteiger partial charge in [-0.1, -0.05) is 26.2 Å². The van der Waals surface area contributed by atoms with Crippen molar-refractivity contribution in [3.8, 4) is 0 Å². The van der Waals surface area contributed by atoms with Gasteiger partial charge in [-0.2, -0.15) is 4.31 Å². The zero-order chi connectivity index (χ0) is 14.8. The molecule has 0 amide bonds. The van der Waals surface area contributed by atoms with Crippen LogP contribution in [0.4, 0.5) is 0 Å². The van der Waals surface area contributed by atoms with Crippen LogP contribution in [0.15, 0.2) is 0 Å². The minimum Gasteiger partial charge on any atom is -0.480 e. The lowest BCUT2D eigenvalue weighted by molar-refractivity contribution is -0.143. The van der Waals surface area contributed by atoms with Crippen LogP contribution in [0, 0.1) is 11.8 Å². The van der Waals surface area contributed by atoms with Gasteiger partial charge in [0, 0.05) is 6.54 Å². The Morgan fingerprint density at radius 2 is 1.85 bits per heavy atom. The molecule has 116 valence electrons. The quantitative estimate of drug-likeness (QED) is 0.863. The van der Waals surface area contributed by atoms with Gasteiger partial charge in [0.1, 0.15) is 6.04 Å². The van der Waals surface area contributed by atoms with Crippen molar-refractivity contribution in [2.75, 3.05) is 12.3 Å². The van der Waals surface area contributed by atoms with Crippen LogP contribution in [0.2, 0.25) is 0 Å². The second-order valence-electron chi connectivity index (χ2n) is 6.38. The molecule has 5 nitrogen and oxygen atoms in total. The Balaban J connectivity index is 2.07. The molecule has 6 heteroatoms. The molecule has 2 aliphatic rings. The number of carbonyl (C=O) groups is 1. The van der Waals surface area contributed by atoms with Crippen LogP contribution in [0.5, 0.6) is 0 Å². The van der Waals surface area contributed by atoms with Gasteiger partial charge in [0.05, 0.1) is 5.75 Å². The minimum atomic E-state index is -3.45. The molecule has 2 fully saturated rings. The zero-order valence-electron chi connectivity index (χ0n) is 12.1. The summed E-state index contributed by atoms with van der Waals surface area (Å²) in [6.45, 7) is 2.34. The molecule has 1 N–H and O–H groups in total. The maximum Gasteiger partial charge on any atom is 0.322 e. The molecule has 2 unspecified atom stereocenters. The molecule has 1 aliphatic heterocycles. The Bertz CT molecular complexity index is 442. The second kappa shape index (κ2) is 6.43. The van der Waals surface area contributed by atoms with Gasteiger partial charge in [-0.05, 0) is 37.5 Å². The van der Waals surface area contributed by atoms with E-state index in [1.807, 2.05) is 6.92 Å². The van der Waals surface area contributed by atoms with Crippen LogP contribution in [0.1, 0.15) is 51.9 Å². The smallest absolute Gasteiger partial charge is 0.322 e. The lowest BCUT2D eigenvalue weighted by Crippen LogP contribution is -2.51. The summed E-state index contributed by atoms with van der Waals surface area (Å²) in [5.74, 6) is -0.394. The molecule has 1 saturated heterocycles. The number of sulfonamides is 1. The first kappa shape index (κ1) is 15.8. The third-order valence-corrected chi connectivity index (χ3v) is 6.67. The van der Waals surface area contributed by atoms with Gasteiger partial charge >= 0.3 is 5.97 Å². The Morgan fingerprint density at radius 3 is 2.45 bits per heavy atom. The van der Waals surface area contributed by atoms with Crippen molar-refractivity contribution >= 4 is 16.0 Å². The summed E-state index contributed by atoms with van der Waals surface area (Å²) >= 11 is 0. The maximum absolute atomic E-state index is 12.5. The highest BCUT2D eigenvalue weighted by atomic mass is 32.2. The second-order valence-corrected chi connectivity index (χ2v) is 8.34. The molecule has 2 rings (SSSR count). The van der Waals surface area contributed by atoms with Gasteiger partial charge in [-0.25, -0.2) is 8.42 Å². The summed E-state index contributed by atoms with van der Waals surface area (Å²) in [4.78, 5) is 11.3. The highest BCUT2D eigenvalue weighted by molar-refractivity contribution is 7.89. The lowest BCUT2D eigenvalue weighted by atomic mass is 9.91. The van der Waals surface area contributed by atoms with E-state index in [0.29, 0.717) is 13.0 Å². The van der Waals surface area contributed by atoms with Gasteiger partial charge in [0.25, 0.3) is 0 Å². The zero-order valence-corrected chi connectivity index (χ0v) is 12.9. The average molecular weight is 303 g/mol. The predicted molar refractivity (Wildman–Crippen MR) is 76.9 cm³/mol. The van der Waals surface area contributed by atoms with Crippen molar-refractivity contribution in [2.24, 2.45) is 11.8 Å². The summed E-state index contributed by atoms with van der Waals surface area (Å²) in [7, 11) is -3.45. The molecule has 1 saturated carbocycles. The van der Waals surface area contributed by atoms with E-state index in [4.69, 9.17) is 0 Å². The number of hydrogen-bond donors (Lipinski definition) is 1. The Labute approximate surface area is 121 Å². The number of hydrogen-bond acceptors (Lipinski definition) is 3. The van der Waals surface area contributed by atoms with E-state index in [9.17, 15) is 18.3 Å². The topological polar surface area (TPSA) is 74.7 Å². The lowest BCUT2D eigenvalue weighted by Gasteiger charge is -2.36. The van der Waals surface area contributed by atoms with E-state index < -0.39 is 22.0 Å². The van der Waals surface area contributed by atoms with Crippen molar-refractivity contribution in [3.05, 3.63) is 0 Å². The van der Waals surface area contributed by atoms with E-state index >= 15 is 0 Å². The molecule has 1 heterocycles. The highest BCUT2D eigenvalue weighted by Gasteiger charge is 2.39. The third kappa shape index (κ3) is 3.73. The first-order chi connectivity index (χ1) is 9.40. The largest absolute Gasteiger partial charge is 0.480 e. The first-order valence-corrected chi connectivity index (χ1v) is 9.23. The van der Waals surface area contributed by atoms with E-state index in [1.165, 1.54) is 10.7 Å². The molecule has 2 atom stereocenters. The molecule has 0 radical (unpaired) electrons. The van der Waals surface area contributed by atoms with E-state index in [0.717, 1.165) is 32.1 Å². The van der Waals surface area contributed by atoms with Crippen LogP contribution in [-0.2, 0) is 14.8 Å². The summed E-state index contributed by atoms with van der Waals surface area (Å²) < 4.78 is 26.3. The fourth-order valence-corrected chi connectivity index (χ4v) is 5.49. The Kier molecular flexibility index (Phi) is 5.07. The van der Waals surface area contributed by atoms with Crippen LogP contribution in [-0.4, -0.2) is 42.1 Å². The van der Waals surface area contributed by atoms with E-state index in [1.54, 1.807) is 0 Å². The van der Waals surface area contributed by atoms with E-state index in [2.05, 4.69) is 0 Å². The summed E-state index contributed by atoms with van der Waals surface area (Å²) in [6.07, 6.45) is 6.49. The molecule has 20 heavy (non-hydrogen) atoms. The molecule has 0 spiro atoms. The summed E-state index contributed by atoms with van der Waals surface area (Å²) in [5, 5.41) is 9.29. The molecular formula is C14H25NO4S. The van der Waals surface area contributed by atoms with Crippen molar-refractivity contribution < 1.29 is 18.3 Å². The molecule has 0 bridgehead atoms. The molecule has 1 aliphatic carbocycles. The number of carboxylic acids is 1. The van der Waals surface area contributed by atoms with Crippen molar-refractivity contribution in [3.63, 3.8) is 0 Å². The number of carboxylic acid groups (broad SMARTS) is 1. The molecule has 0 aromatic carbocycles. The Morgan fingerprint density at radius 1 is 1.20 bits per heavy atom. The molecule has 0 aromatic rings. The van der Waals surface area contributed by atoms with Crippen LogP contribution in [0.3, 0.4) is 0 Å². The molecule has 0 aromatic heterocycles. The highest BCUT2D eigenvalue weighted by Crippen LogP contribution is 2.29. The fraction of sp³-hybridized carbons (Fsp3) is 0.929. The van der Waals surface area contributed by atoms with Crippen molar-refractivity contribution in [1.29, 1.82) is 0 Å². The van der Waals surface area contributed by atoms with Crippen LogP contribution < -0.4 is 0 Å². The third-order valence-electron chi connectivity index (χ3n) is 4.63. The normalized spacial score (nSPS) is 30.2. The number of nitrogens with zero attached hydrogens (tertiary/aromatic N) is 1. The van der Waals surface area contributed by atoms with Gasteiger partial charge < -0.3 is 5.11 Å². The van der Waals surface area contributed by atoms with Gasteiger partial charge in [0.2, 0.25) is 10.0 Å². The summed E-state index contributed by atoms with van der Waals surface area (Å²) in [5.41, 5.74) is 0.